The van der Waals surface area contributed by atoms with Crippen LogP contribution in [0.15, 0.2) is 23.7 Å². The van der Waals surface area contributed by atoms with Crippen molar-refractivity contribution in [2.75, 3.05) is 13.2 Å². The first-order valence-electron chi connectivity index (χ1n) is 7.18. The summed E-state index contributed by atoms with van der Waals surface area (Å²) in [4.78, 5) is 5.71. The molecule has 0 radical (unpaired) electrons. The van der Waals surface area contributed by atoms with Crippen molar-refractivity contribution in [2.24, 2.45) is 0 Å². The quantitative estimate of drug-likeness (QED) is 0.914. The van der Waals surface area contributed by atoms with Crippen LogP contribution in [-0.4, -0.2) is 18.1 Å². The molecule has 1 unspecified atom stereocenters. The Morgan fingerprint density at radius 2 is 2.35 bits per heavy atom. The van der Waals surface area contributed by atoms with Crippen LogP contribution in [0.2, 0.25) is 0 Å². The Bertz CT molecular complexity index is 594. The first-order valence-corrected chi connectivity index (χ1v) is 8.06. The monoisotopic (exact) mass is 288 g/mol. The van der Waals surface area contributed by atoms with Gasteiger partial charge in [0.2, 0.25) is 0 Å². The normalized spacial score (nSPS) is 14.9. The molecule has 4 heteroatoms. The molecule has 20 heavy (non-hydrogen) atoms. The summed E-state index contributed by atoms with van der Waals surface area (Å²) in [6.45, 7) is 6.10. The van der Waals surface area contributed by atoms with Crippen LogP contribution in [0.25, 0.3) is 0 Å². The summed E-state index contributed by atoms with van der Waals surface area (Å²) in [6.07, 6.45) is 2.15. The van der Waals surface area contributed by atoms with Crippen molar-refractivity contribution < 1.29 is 4.74 Å². The van der Waals surface area contributed by atoms with E-state index in [-0.39, 0.29) is 6.04 Å². The summed E-state index contributed by atoms with van der Waals surface area (Å²) in [6, 6.07) is 6.81. The second kappa shape index (κ2) is 5.94. The average molecular weight is 288 g/mol. The van der Waals surface area contributed by atoms with Gasteiger partial charge in [0.05, 0.1) is 23.9 Å². The highest BCUT2D eigenvalue weighted by atomic mass is 32.1. The van der Waals surface area contributed by atoms with Crippen molar-refractivity contribution in [2.45, 2.75) is 32.7 Å². The molecule has 0 spiro atoms. The SMILES string of the molecule is CCCNC(c1ccc2c(c1)CCO2)c1scnc1C. The van der Waals surface area contributed by atoms with Crippen LogP contribution in [-0.2, 0) is 6.42 Å². The molecule has 0 aliphatic carbocycles. The fourth-order valence-corrected chi connectivity index (χ4v) is 3.53. The fourth-order valence-electron chi connectivity index (χ4n) is 2.62. The standard InChI is InChI=1S/C16H20N2OS/c1-3-7-17-15(16-11(2)18-10-20-16)13-4-5-14-12(9-13)6-8-19-14/h4-5,9-10,15,17H,3,6-8H2,1-2H3. The number of hydrogen-bond donors (Lipinski definition) is 1. The number of nitrogens with one attached hydrogen (secondary N) is 1. The molecule has 2 aromatic rings. The highest BCUT2D eigenvalue weighted by Crippen LogP contribution is 2.33. The predicted molar refractivity (Wildman–Crippen MR) is 82.6 cm³/mol. The van der Waals surface area contributed by atoms with Crippen molar-refractivity contribution >= 4 is 11.3 Å². The number of benzene rings is 1. The molecule has 1 aliphatic heterocycles. The second-order valence-corrected chi connectivity index (χ2v) is 6.04. The van der Waals surface area contributed by atoms with Gasteiger partial charge in [0.1, 0.15) is 5.75 Å². The number of rotatable bonds is 5. The van der Waals surface area contributed by atoms with E-state index in [1.807, 2.05) is 5.51 Å². The third-order valence-electron chi connectivity index (χ3n) is 3.69. The molecule has 1 atom stereocenters. The summed E-state index contributed by atoms with van der Waals surface area (Å²) in [5, 5.41) is 3.65. The van der Waals surface area contributed by atoms with Gasteiger partial charge < -0.3 is 10.1 Å². The smallest absolute Gasteiger partial charge is 0.122 e. The van der Waals surface area contributed by atoms with E-state index in [4.69, 9.17) is 4.74 Å². The van der Waals surface area contributed by atoms with Crippen molar-refractivity contribution in [1.29, 1.82) is 0 Å². The van der Waals surface area contributed by atoms with Gasteiger partial charge in [-0.25, -0.2) is 4.98 Å². The van der Waals surface area contributed by atoms with E-state index in [1.54, 1.807) is 11.3 Å². The molecule has 0 saturated carbocycles. The molecule has 0 amide bonds. The van der Waals surface area contributed by atoms with Crippen LogP contribution in [0.5, 0.6) is 5.75 Å². The lowest BCUT2D eigenvalue weighted by molar-refractivity contribution is 0.357. The first kappa shape index (κ1) is 13.6. The van der Waals surface area contributed by atoms with Gasteiger partial charge in [-0.15, -0.1) is 11.3 Å². The molecule has 1 N–H and O–H groups in total. The third-order valence-corrected chi connectivity index (χ3v) is 4.69. The van der Waals surface area contributed by atoms with Crippen LogP contribution in [0.3, 0.4) is 0 Å². The summed E-state index contributed by atoms with van der Waals surface area (Å²) in [5.41, 5.74) is 5.70. The molecule has 0 fully saturated rings. The Morgan fingerprint density at radius 3 is 3.10 bits per heavy atom. The predicted octanol–water partition coefficient (Wildman–Crippen LogP) is 3.48. The largest absolute Gasteiger partial charge is 0.493 e. The van der Waals surface area contributed by atoms with Crippen molar-refractivity contribution in [3.63, 3.8) is 0 Å². The minimum Gasteiger partial charge on any atom is -0.493 e. The average Bonchev–Trinajstić information content (AvgIpc) is 3.08. The molecule has 1 aliphatic rings. The van der Waals surface area contributed by atoms with Crippen LogP contribution in [0, 0.1) is 6.92 Å². The summed E-state index contributed by atoms with van der Waals surface area (Å²) in [5.74, 6) is 1.05. The van der Waals surface area contributed by atoms with Gasteiger partial charge in [-0.2, -0.15) is 0 Å². The zero-order valence-electron chi connectivity index (χ0n) is 12.0. The summed E-state index contributed by atoms with van der Waals surface area (Å²) in [7, 11) is 0. The van der Waals surface area contributed by atoms with E-state index in [9.17, 15) is 0 Å². The van der Waals surface area contributed by atoms with Gasteiger partial charge in [-0.05, 0) is 37.1 Å². The molecule has 0 saturated heterocycles. The Morgan fingerprint density at radius 1 is 1.45 bits per heavy atom. The minimum atomic E-state index is 0.244. The molecule has 3 nitrogen and oxygen atoms in total. The van der Waals surface area contributed by atoms with Crippen molar-refractivity contribution in [3.05, 3.63) is 45.4 Å². The van der Waals surface area contributed by atoms with Crippen LogP contribution in [0.1, 0.15) is 41.1 Å². The third kappa shape index (κ3) is 2.58. The van der Waals surface area contributed by atoms with Crippen molar-refractivity contribution in [3.8, 4) is 5.75 Å². The maximum Gasteiger partial charge on any atom is 0.122 e. The van der Waals surface area contributed by atoms with Crippen LogP contribution >= 0.6 is 11.3 Å². The van der Waals surface area contributed by atoms with E-state index in [0.717, 1.165) is 37.4 Å². The molecular weight excluding hydrogens is 268 g/mol. The lowest BCUT2D eigenvalue weighted by Gasteiger charge is -2.19. The molecule has 0 bridgehead atoms. The van der Waals surface area contributed by atoms with Gasteiger partial charge in [0, 0.05) is 11.3 Å². The Hall–Kier alpha value is -1.39. The summed E-state index contributed by atoms with van der Waals surface area (Å²) < 4.78 is 5.60. The van der Waals surface area contributed by atoms with Crippen LogP contribution < -0.4 is 10.1 Å². The summed E-state index contributed by atoms with van der Waals surface area (Å²) >= 11 is 1.73. The lowest BCUT2D eigenvalue weighted by atomic mass is 10.0. The fraction of sp³-hybridized carbons (Fsp3) is 0.438. The van der Waals surface area contributed by atoms with Gasteiger partial charge in [-0.3, -0.25) is 0 Å². The highest BCUT2D eigenvalue weighted by Gasteiger charge is 2.20. The van der Waals surface area contributed by atoms with Crippen LogP contribution in [0.4, 0.5) is 0 Å². The highest BCUT2D eigenvalue weighted by molar-refractivity contribution is 7.09. The number of ether oxygens (including phenoxy) is 1. The Labute approximate surface area is 124 Å². The van der Waals surface area contributed by atoms with E-state index in [1.165, 1.54) is 16.0 Å². The molecular formula is C16H20N2OS. The maximum atomic E-state index is 5.60. The van der Waals surface area contributed by atoms with E-state index in [0.29, 0.717) is 0 Å². The Kier molecular flexibility index (Phi) is 4.03. The molecule has 106 valence electrons. The number of aryl methyl sites for hydroxylation is 1. The molecule has 1 aromatic heterocycles. The van der Waals surface area contributed by atoms with Gasteiger partial charge in [0.25, 0.3) is 0 Å². The molecule has 2 heterocycles. The number of thiazole rings is 1. The van der Waals surface area contributed by atoms with Gasteiger partial charge >= 0.3 is 0 Å². The minimum absolute atomic E-state index is 0.244. The number of nitrogens with zero attached hydrogens (tertiary/aromatic N) is 1. The zero-order chi connectivity index (χ0) is 13.9. The topological polar surface area (TPSA) is 34.1 Å². The number of aromatic nitrogens is 1. The van der Waals surface area contributed by atoms with Gasteiger partial charge in [-0.1, -0.05) is 19.1 Å². The second-order valence-electron chi connectivity index (χ2n) is 5.15. The Balaban J connectivity index is 1.94. The lowest BCUT2D eigenvalue weighted by Crippen LogP contribution is -2.23. The number of fused-ring (bicyclic) bond motifs is 1. The zero-order valence-corrected chi connectivity index (χ0v) is 12.8. The van der Waals surface area contributed by atoms with Gasteiger partial charge in [0.15, 0.2) is 0 Å². The van der Waals surface area contributed by atoms with E-state index >= 15 is 0 Å². The first-order chi connectivity index (χ1) is 9.79. The van der Waals surface area contributed by atoms with Crippen molar-refractivity contribution in [1.82, 2.24) is 10.3 Å². The van der Waals surface area contributed by atoms with E-state index in [2.05, 4.69) is 42.3 Å². The molecule has 1 aromatic carbocycles. The molecule has 3 rings (SSSR count). The number of hydrogen-bond acceptors (Lipinski definition) is 4. The van der Waals surface area contributed by atoms with E-state index < -0.39 is 0 Å². The maximum absolute atomic E-state index is 5.60.